The number of unbranched alkanes of at least 4 members (excludes halogenated alkanes) is 21. The lowest BCUT2D eigenvalue weighted by Crippen LogP contribution is -2.42. The molecule has 6 nitrogen and oxygen atoms in total. The second kappa shape index (κ2) is 29.4. The van der Waals surface area contributed by atoms with E-state index in [2.05, 4.69) is 19.2 Å². The van der Waals surface area contributed by atoms with Crippen molar-refractivity contribution in [3.05, 3.63) is 0 Å². The van der Waals surface area contributed by atoms with Gasteiger partial charge in [-0.2, -0.15) is 0 Å². The van der Waals surface area contributed by atoms with Crippen LogP contribution in [0.4, 0.5) is 0 Å². The molecule has 0 saturated heterocycles. The van der Waals surface area contributed by atoms with Crippen molar-refractivity contribution in [1.82, 2.24) is 5.32 Å². The number of carbonyl (C=O) groups excluding carboxylic acids is 2. The summed E-state index contributed by atoms with van der Waals surface area (Å²) in [6.07, 6.45) is 28.6. The summed E-state index contributed by atoms with van der Waals surface area (Å²) in [6.45, 7) is 4.81. The third kappa shape index (κ3) is 27.8. The van der Waals surface area contributed by atoms with Gasteiger partial charge in [0.2, 0.25) is 5.91 Å². The lowest BCUT2D eigenvalue weighted by atomic mass is 10.0. The maximum absolute atomic E-state index is 12.5. The van der Waals surface area contributed by atoms with Crippen LogP contribution in [0.1, 0.15) is 181 Å². The van der Waals surface area contributed by atoms with E-state index < -0.39 is 18.0 Å². The monoisotopic (exact) mass is 553 g/mol. The number of ether oxygens (including phenoxy) is 1. The molecular weight excluding hydrogens is 490 g/mol. The molecule has 0 aromatic rings. The van der Waals surface area contributed by atoms with Gasteiger partial charge in [-0.05, 0) is 19.3 Å². The van der Waals surface area contributed by atoms with Crippen LogP contribution >= 0.6 is 0 Å². The standard InChI is InChI=1S/C33H63NO5/c1-3-5-7-9-11-13-14-15-16-17-19-21-23-25-29-39-33(38)30(27-28-32(36)37)34-31(35)26-24-22-20-18-12-10-8-6-4-2/h30H,3-29H2,1-2H3,(H,34,35)(H,36,37)/t30-/m0/s1. The van der Waals surface area contributed by atoms with Crippen molar-refractivity contribution in [2.75, 3.05) is 6.61 Å². The highest BCUT2D eigenvalue weighted by Gasteiger charge is 2.23. The fraction of sp³-hybridized carbons (Fsp3) is 0.909. The highest BCUT2D eigenvalue weighted by molar-refractivity contribution is 5.84. The Morgan fingerprint density at radius 3 is 1.36 bits per heavy atom. The molecule has 0 aliphatic heterocycles. The molecule has 39 heavy (non-hydrogen) atoms. The summed E-state index contributed by atoms with van der Waals surface area (Å²) < 4.78 is 5.40. The van der Waals surface area contributed by atoms with Crippen LogP contribution in [0.15, 0.2) is 0 Å². The summed E-state index contributed by atoms with van der Waals surface area (Å²) in [5.41, 5.74) is 0. The average molecular weight is 554 g/mol. The van der Waals surface area contributed by atoms with Crippen LogP contribution in [-0.2, 0) is 19.1 Å². The first-order valence-corrected chi connectivity index (χ1v) is 16.7. The van der Waals surface area contributed by atoms with Crippen molar-refractivity contribution in [3.63, 3.8) is 0 Å². The second-order valence-corrected chi connectivity index (χ2v) is 11.4. The maximum atomic E-state index is 12.5. The first kappa shape index (κ1) is 37.4. The number of carboxylic acid groups (broad SMARTS) is 1. The van der Waals surface area contributed by atoms with Gasteiger partial charge in [-0.25, -0.2) is 4.79 Å². The number of hydrogen-bond donors (Lipinski definition) is 2. The van der Waals surface area contributed by atoms with Crippen molar-refractivity contribution >= 4 is 17.8 Å². The Bertz CT molecular complexity index is 580. The molecular formula is C33H63NO5. The van der Waals surface area contributed by atoms with Crippen LogP contribution in [0, 0.1) is 0 Å². The van der Waals surface area contributed by atoms with Gasteiger partial charge in [0.1, 0.15) is 6.04 Å². The number of amides is 1. The molecule has 0 spiro atoms. The maximum Gasteiger partial charge on any atom is 0.328 e. The van der Waals surface area contributed by atoms with Gasteiger partial charge in [-0.1, -0.05) is 149 Å². The second-order valence-electron chi connectivity index (χ2n) is 11.4. The molecule has 6 heteroatoms. The minimum Gasteiger partial charge on any atom is -0.481 e. The molecule has 0 aliphatic carbocycles. The van der Waals surface area contributed by atoms with Crippen molar-refractivity contribution in [2.24, 2.45) is 0 Å². The van der Waals surface area contributed by atoms with E-state index in [-0.39, 0.29) is 18.7 Å². The molecule has 2 N–H and O–H groups in total. The summed E-state index contributed by atoms with van der Waals surface area (Å²) in [6, 6.07) is -0.876. The number of carbonyl (C=O) groups is 3. The predicted molar refractivity (Wildman–Crippen MR) is 162 cm³/mol. The predicted octanol–water partition coefficient (Wildman–Crippen LogP) is 9.28. The van der Waals surface area contributed by atoms with Crippen LogP contribution < -0.4 is 5.32 Å². The number of esters is 1. The smallest absolute Gasteiger partial charge is 0.328 e. The van der Waals surface area contributed by atoms with E-state index in [0.29, 0.717) is 13.0 Å². The number of hydrogen-bond acceptors (Lipinski definition) is 4. The van der Waals surface area contributed by atoms with Gasteiger partial charge in [-0.15, -0.1) is 0 Å². The van der Waals surface area contributed by atoms with Gasteiger partial charge in [0.25, 0.3) is 0 Å². The lowest BCUT2D eigenvalue weighted by Gasteiger charge is -2.17. The van der Waals surface area contributed by atoms with Gasteiger partial charge in [0.05, 0.1) is 6.61 Å². The highest BCUT2D eigenvalue weighted by Crippen LogP contribution is 2.14. The van der Waals surface area contributed by atoms with Gasteiger partial charge >= 0.3 is 11.9 Å². The Labute approximate surface area is 240 Å². The fourth-order valence-corrected chi connectivity index (χ4v) is 4.95. The van der Waals surface area contributed by atoms with E-state index in [9.17, 15) is 14.4 Å². The van der Waals surface area contributed by atoms with Crippen LogP contribution in [0.2, 0.25) is 0 Å². The quantitative estimate of drug-likeness (QED) is 0.0683. The number of aliphatic carboxylic acids is 1. The molecule has 0 rings (SSSR count). The molecule has 1 atom stereocenters. The van der Waals surface area contributed by atoms with Gasteiger partial charge < -0.3 is 15.2 Å². The van der Waals surface area contributed by atoms with Crippen LogP contribution in [0.5, 0.6) is 0 Å². The first-order valence-electron chi connectivity index (χ1n) is 16.7. The molecule has 0 unspecified atom stereocenters. The van der Waals surface area contributed by atoms with Crippen molar-refractivity contribution < 1.29 is 24.2 Å². The Morgan fingerprint density at radius 1 is 0.564 bits per heavy atom. The normalized spacial score (nSPS) is 11.8. The Hall–Kier alpha value is -1.59. The molecule has 0 radical (unpaired) electrons. The van der Waals surface area contributed by atoms with E-state index >= 15 is 0 Å². The lowest BCUT2D eigenvalue weighted by molar-refractivity contribution is -0.148. The third-order valence-electron chi connectivity index (χ3n) is 7.52. The topological polar surface area (TPSA) is 92.7 Å². The summed E-state index contributed by atoms with van der Waals surface area (Å²) >= 11 is 0. The van der Waals surface area contributed by atoms with E-state index in [1.165, 1.54) is 109 Å². The van der Waals surface area contributed by atoms with E-state index in [1.54, 1.807) is 0 Å². The molecule has 0 aliphatic rings. The SMILES string of the molecule is CCCCCCCCCCCCCCCCOC(=O)[C@H](CCC(=O)O)NC(=O)CCCCCCCCCCC. The van der Waals surface area contributed by atoms with E-state index in [0.717, 1.165) is 38.5 Å². The first-order chi connectivity index (χ1) is 19.0. The van der Waals surface area contributed by atoms with Crippen LogP contribution in [0.25, 0.3) is 0 Å². The van der Waals surface area contributed by atoms with E-state index in [4.69, 9.17) is 9.84 Å². The summed E-state index contributed by atoms with van der Waals surface area (Å²) in [5, 5.41) is 11.7. The molecule has 0 bridgehead atoms. The molecule has 0 aromatic heterocycles. The number of rotatable bonds is 30. The van der Waals surface area contributed by atoms with Crippen molar-refractivity contribution in [2.45, 2.75) is 187 Å². The minimum absolute atomic E-state index is 0.0659. The zero-order chi connectivity index (χ0) is 28.8. The zero-order valence-electron chi connectivity index (χ0n) is 25.7. The minimum atomic E-state index is -0.979. The van der Waals surface area contributed by atoms with E-state index in [1.807, 2.05) is 0 Å². The third-order valence-corrected chi connectivity index (χ3v) is 7.52. The number of nitrogens with one attached hydrogen (secondary N) is 1. The zero-order valence-corrected chi connectivity index (χ0v) is 25.7. The van der Waals surface area contributed by atoms with Gasteiger partial charge in [0.15, 0.2) is 0 Å². The summed E-state index contributed by atoms with van der Waals surface area (Å²) in [7, 11) is 0. The van der Waals surface area contributed by atoms with Gasteiger partial charge in [0, 0.05) is 12.8 Å². The Balaban J connectivity index is 3.88. The molecule has 0 heterocycles. The molecule has 0 fully saturated rings. The molecule has 230 valence electrons. The Morgan fingerprint density at radius 2 is 0.949 bits per heavy atom. The fourth-order valence-electron chi connectivity index (χ4n) is 4.95. The Kier molecular flexibility index (Phi) is 28.2. The van der Waals surface area contributed by atoms with Crippen LogP contribution in [0.3, 0.4) is 0 Å². The van der Waals surface area contributed by atoms with Crippen LogP contribution in [-0.4, -0.2) is 35.6 Å². The highest BCUT2D eigenvalue weighted by atomic mass is 16.5. The summed E-state index contributed by atoms with van der Waals surface area (Å²) in [5.74, 6) is -1.68. The van der Waals surface area contributed by atoms with Crippen molar-refractivity contribution in [3.8, 4) is 0 Å². The largest absolute Gasteiger partial charge is 0.481 e. The van der Waals surface area contributed by atoms with Crippen molar-refractivity contribution in [1.29, 1.82) is 0 Å². The summed E-state index contributed by atoms with van der Waals surface area (Å²) in [4.78, 5) is 35.9. The molecule has 1 amide bonds. The molecule has 0 aromatic carbocycles. The average Bonchev–Trinajstić information content (AvgIpc) is 2.92. The number of carboxylic acids is 1. The molecule has 0 saturated carbocycles. The van der Waals surface area contributed by atoms with Gasteiger partial charge in [-0.3, -0.25) is 9.59 Å².